The van der Waals surface area contributed by atoms with Gasteiger partial charge in [0, 0.05) is 29.3 Å². The fourth-order valence-electron chi connectivity index (χ4n) is 3.02. The second-order valence-corrected chi connectivity index (χ2v) is 5.95. The molecule has 0 aromatic carbocycles. The number of allylic oxidation sites excluding steroid dienone is 1. The summed E-state index contributed by atoms with van der Waals surface area (Å²) in [5.41, 5.74) is 6.09. The van der Waals surface area contributed by atoms with Crippen molar-refractivity contribution in [2.45, 2.75) is 52.6 Å². The number of amides is 1. The third-order valence-corrected chi connectivity index (χ3v) is 3.97. The summed E-state index contributed by atoms with van der Waals surface area (Å²) in [6, 6.07) is 0.289. The zero-order valence-corrected chi connectivity index (χ0v) is 10.8. The van der Waals surface area contributed by atoms with Gasteiger partial charge in [0.15, 0.2) is 0 Å². The molecule has 0 heterocycles. The first-order valence-corrected chi connectivity index (χ1v) is 5.90. The number of carbonyl (C=O) groups excluding carboxylic acids is 1. The molecular formula is C13H24N2O. The molecule has 0 bridgehead atoms. The van der Waals surface area contributed by atoms with E-state index in [0.29, 0.717) is 6.42 Å². The lowest BCUT2D eigenvalue weighted by molar-refractivity contribution is -0.132. The van der Waals surface area contributed by atoms with Crippen molar-refractivity contribution in [2.24, 2.45) is 16.6 Å². The maximum Gasteiger partial charge on any atom is 0.220 e. The van der Waals surface area contributed by atoms with Crippen molar-refractivity contribution in [1.29, 1.82) is 0 Å². The number of carbonyl (C=O) groups is 1. The Kier molecular flexibility index (Phi) is 3.48. The van der Waals surface area contributed by atoms with Crippen molar-refractivity contribution in [3.8, 4) is 0 Å². The fourth-order valence-corrected chi connectivity index (χ4v) is 3.02. The van der Waals surface area contributed by atoms with Crippen molar-refractivity contribution in [1.82, 2.24) is 5.32 Å². The molecular weight excluding hydrogens is 200 g/mol. The maximum absolute atomic E-state index is 11.7. The number of rotatable bonds is 4. The zero-order chi connectivity index (χ0) is 12.6. The molecule has 0 radical (unpaired) electrons. The van der Waals surface area contributed by atoms with E-state index in [-0.39, 0.29) is 28.8 Å². The molecule has 0 unspecified atom stereocenters. The van der Waals surface area contributed by atoms with Gasteiger partial charge in [-0.05, 0) is 6.42 Å². The van der Waals surface area contributed by atoms with E-state index < -0.39 is 0 Å². The van der Waals surface area contributed by atoms with Gasteiger partial charge in [-0.1, -0.05) is 33.8 Å². The summed E-state index contributed by atoms with van der Waals surface area (Å²) in [6.07, 6.45) is 3.01. The molecule has 92 valence electrons. The molecule has 3 nitrogen and oxygen atoms in total. The number of nitrogens with two attached hydrogens (primary N) is 1. The topological polar surface area (TPSA) is 55.1 Å². The number of hydrogen-bond acceptors (Lipinski definition) is 2. The molecule has 1 aliphatic rings. The molecule has 1 rings (SSSR count). The molecule has 16 heavy (non-hydrogen) atoms. The van der Waals surface area contributed by atoms with E-state index in [1.807, 2.05) is 0 Å². The van der Waals surface area contributed by atoms with Crippen LogP contribution in [0.1, 0.15) is 40.5 Å². The average molecular weight is 224 g/mol. The smallest absolute Gasteiger partial charge is 0.220 e. The average Bonchev–Trinajstić information content (AvgIpc) is 2.21. The van der Waals surface area contributed by atoms with Gasteiger partial charge in [0.05, 0.1) is 0 Å². The summed E-state index contributed by atoms with van der Waals surface area (Å²) in [5, 5.41) is 3.10. The normalized spacial score (nSPS) is 30.3. The third kappa shape index (κ3) is 2.01. The first-order valence-electron chi connectivity index (χ1n) is 5.90. The summed E-state index contributed by atoms with van der Waals surface area (Å²) < 4.78 is 0. The third-order valence-electron chi connectivity index (χ3n) is 3.97. The van der Waals surface area contributed by atoms with Gasteiger partial charge in [0.25, 0.3) is 0 Å². The number of hydrogen-bond donors (Lipinski definition) is 2. The fraction of sp³-hybridized carbons (Fsp3) is 0.769. The van der Waals surface area contributed by atoms with Gasteiger partial charge < -0.3 is 11.1 Å². The van der Waals surface area contributed by atoms with Crippen molar-refractivity contribution < 1.29 is 4.79 Å². The molecule has 3 N–H and O–H groups in total. The lowest BCUT2D eigenvalue weighted by atomic mass is 9.48. The van der Waals surface area contributed by atoms with Crippen LogP contribution in [0.3, 0.4) is 0 Å². The summed E-state index contributed by atoms with van der Waals surface area (Å²) in [4.78, 5) is 11.7. The van der Waals surface area contributed by atoms with Crippen LogP contribution in [0.2, 0.25) is 0 Å². The largest absolute Gasteiger partial charge is 0.352 e. The van der Waals surface area contributed by atoms with Gasteiger partial charge >= 0.3 is 0 Å². The Morgan fingerprint density at radius 2 is 1.88 bits per heavy atom. The van der Waals surface area contributed by atoms with Crippen molar-refractivity contribution in [3.05, 3.63) is 12.7 Å². The Balaban J connectivity index is 2.60. The van der Waals surface area contributed by atoms with Gasteiger partial charge in [-0.2, -0.15) is 0 Å². The molecule has 3 heteroatoms. The highest BCUT2D eigenvalue weighted by Gasteiger charge is 2.60. The summed E-state index contributed by atoms with van der Waals surface area (Å²) in [7, 11) is 0. The van der Waals surface area contributed by atoms with Crippen LogP contribution in [0.5, 0.6) is 0 Å². The van der Waals surface area contributed by atoms with E-state index in [4.69, 9.17) is 5.73 Å². The minimum Gasteiger partial charge on any atom is -0.352 e. The van der Waals surface area contributed by atoms with Gasteiger partial charge in [0.1, 0.15) is 0 Å². The molecule has 0 aromatic heterocycles. The summed E-state index contributed by atoms with van der Waals surface area (Å²) >= 11 is 0. The van der Waals surface area contributed by atoms with Gasteiger partial charge in [-0.3, -0.25) is 4.79 Å². The second kappa shape index (κ2) is 4.21. The zero-order valence-electron chi connectivity index (χ0n) is 10.8. The van der Waals surface area contributed by atoms with Crippen LogP contribution in [0.15, 0.2) is 12.7 Å². The monoisotopic (exact) mass is 224 g/mol. The van der Waals surface area contributed by atoms with E-state index >= 15 is 0 Å². The van der Waals surface area contributed by atoms with E-state index in [2.05, 4.69) is 39.6 Å². The van der Waals surface area contributed by atoms with Gasteiger partial charge in [-0.15, -0.1) is 6.58 Å². The van der Waals surface area contributed by atoms with Gasteiger partial charge in [0.2, 0.25) is 5.91 Å². The highest BCUT2D eigenvalue weighted by Crippen LogP contribution is 2.52. The summed E-state index contributed by atoms with van der Waals surface area (Å²) in [5.74, 6) is 0.0953. The van der Waals surface area contributed by atoms with Crippen LogP contribution >= 0.6 is 0 Å². The van der Waals surface area contributed by atoms with Crippen molar-refractivity contribution >= 4 is 5.91 Å². The van der Waals surface area contributed by atoms with Crippen LogP contribution in [0.4, 0.5) is 0 Å². The van der Waals surface area contributed by atoms with Crippen LogP contribution in [0.25, 0.3) is 0 Å². The van der Waals surface area contributed by atoms with E-state index in [9.17, 15) is 4.79 Å². The lowest BCUT2D eigenvalue weighted by Gasteiger charge is -2.62. The Morgan fingerprint density at radius 1 is 1.38 bits per heavy atom. The quantitative estimate of drug-likeness (QED) is 0.716. The Labute approximate surface area is 98.5 Å². The lowest BCUT2D eigenvalue weighted by Crippen LogP contribution is -2.76. The predicted molar refractivity (Wildman–Crippen MR) is 66.9 cm³/mol. The Bertz CT molecular complexity index is 278. The Hall–Kier alpha value is -0.830. The number of nitrogens with one attached hydrogen (secondary N) is 1. The van der Waals surface area contributed by atoms with Crippen LogP contribution < -0.4 is 11.1 Å². The molecule has 0 aliphatic heterocycles. The highest BCUT2D eigenvalue weighted by molar-refractivity contribution is 5.76. The molecule has 1 aliphatic carbocycles. The summed E-state index contributed by atoms with van der Waals surface area (Å²) in [6.45, 7) is 12.1. The van der Waals surface area contributed by atoms with E-state index in [0.717, 1.165) is 6.42 Å². The molecule has 0 aromatic rings. The minimum absolute atomic E-state index is 0.0205. The van der Waals surface area contributed by atoms with E-state index in [1.165, 1.54) is 0 Å². The predicted octanol–water partition coefficient (Wildman–Crippen LogP) is 1.83. The maximum atomic E-state index is 11.7. The minimum atomic E-state index is -0.0205. The van der Waals surface area contributed by atoms with Crippen molar-refractivity contribution in [2.75, 3.05) is 0 Å². The van der Waals surface area contributed by atoms with Crippen LogP contribution in [-0.2, 0) is 4.79 Å². The molecule has 1 amide bonds. The first-order chi connectivity index (χ1) is 7.24. The highest BCUT2D eigenvalue weighted by atomic mass is 16.1. The van der Waals surface area contributed by atoms with Gasteiger partial charge in [-0.25, -0.2) is 0 Å². The molecule has 1 fully saturated rings. The first kappa shape index (κ1) is 13.2. The standard InChI is InChI=1S/C13H24N2O/c1-6-7-8-9(16)15-11-12(2,3)10(14)13(11,4)5/h6,10-11H,1,7-8,14H2,2-5H3,(H,15,16). The van der Waals surface area contributed by atoms with Crippen molar-refractivity contribution in [3.63, 3.8) is 0 Å². The molecule has 0 spiro atoms. The Morgan fingerprint density at radius 3 is 2.31 bits per heavy atom. The molecule has 0 saturated heterocycles. The second-order valence-electron chi connectivity index (χ2n) is 5.95. The molecule has 0 atom stereocenters. The molecule has 1 saturated carbocycles. The van der Waals surface area contributed by atoms with Crippen LogP contribution in [-0.4, -0.2) is 18.0 Å². The SMILES string of the molecule is C=CCCC(=O)NC1C(C)(C)C(N)C1(C)C. The van der Waals surface area contributed by atoms with Crippen LogP contribution in [0, 0.1) is 10.8 Å². The van der Waals surface area contributed by atoms with E-state index in [1.54, 1.807) is 6.08 Å².